The highest BCUT2D eigenvalue weighted by Gasteiger charge is 2.13. The first-order chi connectivity index (χ1) is 8.01. The third-order valence-electron chi connectivity index (χ3n) is 2.71. The number of rotatable bonds is 2. The molecule has 0 fully saturated rings. The number of nitrogens with zero attached hydrogens (tertiary/aromatic N) is 1. The Bertz CT molecular complexity index is 588. The number of benzene rings is 1. The zero-order valence-corrected chi connectivity index (χ0v) is 11.2. The molecule has 0 radical (unpaired) electrons. The van der Waals surface area contributed by atoms with Gasteiger partial charge >= 0.3 is 0 Å². The summed E-state index contributed by atoms with van der Waals surface area (Å²) in [4.78, 5) is 0. The fraction of sp³-hybridized carbons (Fsp3) is 0.214. The van der Waals surface area contributed by atoms with Crippen LogP contribution in [0.2, 0.25) is 0 Å². The van der Waals surface area contributed by atoms with Gasteiger partial charge < -0.3 is 0 Å². The first kappa shape index (κ1) is 12.1. The molecular weight excluding hydrogens is 230 g/mol. The van der Waals surface area contributed by atoms with Crippen molar-refractivity contribution in [2.75, 3.05) is 14.1 Å². The minimum absolute atomic E-state index is 1.03. The van der Waals surface area contributed by atoms with Crippen LogP contribution in [0.5, 0.6) is 0 Å². The Morgan fingerprint density at radius 2 is 1.76 bits per heavy atom. The van der Waals surface area contributed by atoms with Gasteiger partial charge in [0.25, 0.3) is 0 Å². The molecule has 3 heteroatoms. The molecule has 90 valence electrons. The second-order valence-corrected chi connectivity index (χ2v) is 6.80. The third-order valence-corrected chi connectivity index (χ3v) is 5.15. The van der Waals surface area contributed by atoms with Gasteiger partial charge in [-0.2, -0.15) is 0 Å². The quantitative estimate of drug-likeness (QED) is 0.736. The van der Waals surface area contributed by atoms with Crippen molar-refractivity contribution in [1.82, 2.24) is 4.31 Å². The summed E-state index contributed by atoms with van der Waals surface area (Å²) in [6, 6.07) is 10.1. The van der Waals surface area contributed by atoms with E-state index in [1.54, 1.807) is 4.31 Å². The second-order valence-electron chi connectivity index (χ2n) is 4.37. The minimum Gasteiger partial charge on any atom is -0.248 e. The van der Waals surface area contributed by atoms with E-state index < -0.39 is 9.71 Å². The molecule has 0 aliphatic carbocycles. The molecule has 0 amide bonds. The van der Waals surface area contributed by atoms with Gasteiger partial charge in [0.1, 0.15) is 0 Å². The van der Waals surface area contributed by atoms with E-state index in [1.165, 1.54) is 0 Å². The Balaban J connectivity index is 2.56. The summed E-state index contributed by atoms with van der Waals surface area (Å²) in [5, 5.41) is 3.69. The normalized spacial score (nSPS) is 24.0. The Kier molecular flexibility index (Phi) is 3.22. The topological polar surface area (TPSA) is 20.3 Å². The van der Waals surface area contributed by atoms with Gasteiger partial charge in [0, 0.05) is 10.8 Å². The molecule has 1 aromatic rings. The molecule has 1 aliphatic rings. The molecule has 0 saturated carbocycles. The smallest absolute Gasteiger partial charge is 0.0561 e. The van der Waals surface area contributed by atoms with Crippen molar-refractivity contribution in [3.63, 3.8) is 0 Å². The van der Waals surface area contributed by atoms with Gasteiger partial charge in [-0.25, -0.2) is 8.51 Å². The Morgan fingerprint density at radius 3 is 2.35 bits per heavy atom. The lowest BCUT2D eigenvalue weighted by Gasteiger charge is -2.20. The maximum absolute atomic E-state index is 12.7. The van der Waals surface area contributed by atoms with Gasteiger partial charge in [0.15, 0.2) is 0 Å². The summed E-state index contributed by atoms with van der Waals surface area (Å²) in [6.45, 7) is 1.99. The van der Waals surface area contributed by atoms with Gasteiger partial charge in [-0.3, -0.25) is 0 Å². The summed E-state index contributed by atoms with van der Waals surface area (Å²) < 4.78 is 14.4. The molecular formula is C14H17NOS. The van der Waals surface area contributed by atoms with E-state index in [9.17, 15) is 4.21 Å². The molecule has 0 aromatic heterocycles. The lowest BCUT2D eigenvalue weighted by Crippen LogP contribution is -2.23. The second kappa shape index (κ2) is 4.51. The van der Waals surface area contributed by atoms with E-state index in [2.05, 4.69) is 6.08 Å². The monoisotopic (exact) mass is 247 g/mol. The maximum Gasteiger partial charge on any atom is 0.0561 e. The highest BCUT2D eigenvalue weighted by molar-refractivity contribution is 8.02. The molecule has 1 heterocycles. The first-order valence-corrected chi connectivity index (χ1v) is 7.17. The molecule has 0 saturated heterocycles. The fourth-order valence-electron chi connectivity index (χ4n) is 1.79. The first-order valence-electron chi connectivity index (χ1n) is 5.53. The summed E-state index contributed by atoms with van der Waals surface area (Å²) >= 11 is 0. The molecule has 0 bridgehead atoms. The summed E-state index contributed by atoms with van der Waals surface area (Å²) in [5.41, 5.74) is 3.18. The van der Waals surface area contributed by atoms with Crippen molar-refractivity contribution in [3.05, 3.63) is 53.0 Å². The summed E-state index contributed by atoms with van der Waals surface area (Å²) in [7, 11) is 1.51. The molecule has 17 heavy (non-hydrogen) atoms. The predicted octanol–water partition coefficient (Wildman–Crippen LogP) is 2.55. The van der Waals surface area contributed by atoms with Gasteiger partial charge in [-0.15, -0.1) is 0 Å². The molecule has 0 spiro atoms. The molecule has 1 unspecified atom stereocenters. The van der Waals surface area contributed by atoms with E-state index >= 15 is 0 Å². The van der Waals surface area contributed by atoms with Crippen molar-refractivity contribution in [1.29, 1.82) is 0 Å². The standard InChI is InChI=1S/C14H17NOS/c1-12-9-14(13-7-5-4-6-8-13)11-17(16,10-12)15(2)3/h4-11H,1-3H3. The van der Waals surface area contributed by atoms with Gasteiger partial charge in [0.2, 0.25) is 0 Å². The Hall–Kier alpha value is -1.32. The van der Waals surface area contributed by atoms with Crippen LogP contribution in [0.1, 0.15) is 12.5 Å². The van der Waals surface area contributed by atoms with Crippen molar-refractivity contribution in [3.8, 4) is 0 Å². The highest BCUT2D eigenvalue weighted by atomic mass is 32.2. The minimum atomic E-state index is -2.18. The molecule has 2 rings (SSSR count). The largest absolute Gasteiger partial charge is 0.248 e. The van der Waals surface area contributed by atoms with Crippen molar-refractivity contribution in [2.45, 2.75) is 6.92 Å². The maximum atomic E-state index is 12.7. The van der Waals surface area contributed by atoms with E-state index in [0.29, 0.717) is 0 Å². The van der Waals surface area contributed by atoms with Crippen LogP contribution in [0.15, 0.2) is 47.4 Å². The van der Waals surface area contributed by atoms with Crippen molar-refractivity contribution >= 4 is 20.6 Å². The van der Waals surface area contributed by atoms with Crippen molar-refractivity contribution < 1.29 is 4.21 Å². The van der Waals surface area contributed by atoms with E-state index in [-0.39, 0.29) is 0 Å². The number of allylic oxidation sites excluding steroid dienone is 3. The van der Waals surface area contributed by atoms with Gasteiger partial charge in [-0.05, 0) is 37.7 Å². The molecule has 1 atom stereocenters. The van der Waals surface area contributed by atoms with E-state index in [1.807, 2.05) is 62.1 Å². The van der Waals surface area contributed by atoms with Crippen LogP contribution < -0.4 is 0 Å². The van der Waals surface area contributed by atoms with E-state index in [4.69, 9.17) is 0 Å². The molecule has 1 aliphatic heterocycles. The van der Waals surface area contributed by atoms with Crippen molar-refractivity contribution in [2.24, 2.45) is 0 Å². The van der Waals surface area contributed by atoms with Crippen LogP contribution in [0.3, 0.4) is 0 Å². The lowest BCUT2D eigenvalue weighted by atomic mass is 10.1. The number of hydrogen-bond acceptors (Lipinski definition) is 1. The molecule has 1 aromatic carbocycles. The van der Waals surface area contributed by atoms with Crippen LogP contribution >= 0.6 is 0 Å². The highest BCUT2D eigenvalue weighted by Crippen LogP contribution is 2.23. The van der Waals surface area contributed by atoms with Crippen LogP contribution in [-0.4, -0.2) is 28.0 Å². The SMILES string of the molecule is CC1=CC(c2ccccc2)=CS(=O)(N(C)C)=C1. The van der Waals surface area contributed by atoms with Crippen LogP contribution in [-0.2, 0) is 9.71 Å². The Morgan fingerprint density at radius 1 is 1.12 bits per heavy atom. The van der Waals surface area contributed by atoms with Crippen LogP contribution in [0.25, 0.3) is 5.57 Å². The zero-order valence-electron chi connectivity index (χ0n) is 10.4. The fourth-order valence-corrected chi connectivity index (χ4v) is 3.45. The predicted molar refractivity (Wildman–Crippen MR) is 76.1 cm³/mol. The average molecular weight is 247 g/mol. The Labute approximate surface area is 103 Å². The number of hydrogen-bond donors (Lipinski definition) is 0. The third kappa shape index (κ3) is 2.51. The van der Waals surface area contributed by atoms with E-state index in [0.717, 1.165) is 16.7 Å². The molecule has 0 N–H and O–H groups in total. The van der Waals surface area contributed by atoms with Gasteiger partial charge in [-0.1, -0.05) is 36.4 Å². The van der Waals surface area contributed by atoms with Crippen LogP contribution in [0.4, 0.5) is 0 Å². The zero-order chi connectivity index (χ0) is 12.5. The lowest BCUT2D eigenvalue weighted by molar-refractivity contribution is 0.607. The average Bonchev–Trinajstić information content (AvgIpc) is 2.29. The summed E-state index contributed by atoms with van der Waals surface area (Å²) in [5.74, 6) is 0. The molecule has 2 nitrogen and oxygen atoms in total. The van der Waals surface area contributed by atoms with Crippen LogP contribution in [0, 0.1) is 0 Å². The van der Waals surface area contributed by atoms with Gasteiger partial charge in [0.05, 0.1) is 9.71 Å². The summed E-state index contributed by atoms with van der Waals surface area (Å²) in [6.07, 6.45) is 2.07.